The third-order valence-electron chi connectivity index (χ3n) is 5.55. The van der Waals surface area contributed by atoms with E-state index in [-0.39, 0.29) is 17.2 Å². The summed E-state index contributed by atoms with van der Waals surface area (Å²) in [6.07, 6.45) is 5.21. The van der Waals surface area contributed by atoms with E-state index < -0.39 is 0 Å². The van der Waals surface area contributed by atoms with Gasteiger partial charge in [0.1, 0.15) is 4.70 Å². The monoisotopic (exact) mass is 471 g/mol. The smallest absolute Gasteiger partial charge is 0.273 e. The van der Waals surface area contributed by atoms with Crippen molar-refractivity contribution in [3.63, 3.8) is 0 Å². The van der Waals surface area contributed by atoms with Crippen molar-refractivity contribution < 1.29 is 4.79 Å². The first-order chi connectivity index (χ1) is 15.6. The highest BCUT2D eigenvalue weighted by atomic mass is 32.2. The molecule has 3 heterocycles. The lowest BCUT2D eigenvalue weighted by Gasteiger charge is -2.25. The number of nitrogens with one attached hydrogen (secondary N) is 1. The fourth-order valence-electron chi connectivity index (χ4n) is 3.89. The maximum atomic E-state index is 13.2. The van der Waals surface area contributed by atoms with Crippen molar-refractivity contribution in [2.75, 3.05) is 29.1 Å². The zero-order valence-electron chi connectivity index (χ0n) is 18.6. The molecule has 9 heteroatoms. The molecule has 1 N–H and O–H groups in total. The van der Waals surface area contributed by atoms with Crippen LogP contribution in [-0.4, -0.2) is 39.3 Å². The summed E-state index contributed by atoms with van der Waals surface area (Å²) in [4.78, 5) is 37.5. The van der Waals surface area contributed by atoms with E-state index in [1.165, 1.54) is 29.5 Å². The number of carbonyl (C=O) groups excluding carboxylic acids is 1. The van der Waals surface area contributed by atoms with Gasteiger partial charge in [-0.25, -0.2) is 4.98 Å². The minimum atomic E-state index is -0.111. The highest BCUT2D eigenvalue weighted by Gasteiger charge is 2.20. The number of aryl methyl sites for hydroxylation is 1. The number of rotatable bonds is 8. The molecule has 0 radical (unpaired) electrons. The average molecular weight is 472 g/mol. The molecule has 1 amide bonds. The van der Waals surface area contributed by atoms with Crippen LogP contribution >= 0.6 is 23.1 Å². The molecule has 0 atom stereocenters. The van der Waals surface area contributed by atoms with Crippen LogP contribution in [0.4, 0.5) is 10.8 Å². The zero-order valence-corrected chi connectivity index (χ0v) is 20.2. The average Bonchev–Trinajstić information content (AvgIpc) is 3.25. The van der Waals surface area contributed by atoms with Crippen LogP contribution in [0.15, 0.2) is 34.2 Å². The molecule has 2 aromatic heterocycles. The van der Waals surface area contributed by atoms with Gasteiger partial charge in [0.05, 0.1) is 5.75 Å². The number of anilines is 2. The molecule has 1 fully saturated rings. The standard InChI is InChI=1S/C23H29N5O2S2/c1-3-12-28-21(30)19-20(25-22(32-19)27-13-8-5-9-14-27)26-23(28)31-15-18(29)24-17-11-7-6-10-16(17)4-2/h6-7,10-11H,3-5,8-9,12-15H2,1-2H3,(H,24,29). The summed E-state index contributed by atoms with van der Waals surface area (Å²) in [5, 5.41) is 4.42. The Labute approximate surface area is 196 Å². The Bertz CT molecular complexity index is 1150. The number of para-hydroxylation sites is 1. The summed E-state index contributed by atoms with van der Waals surface area (Å²) in [6, 6.07) is 7.81. The molecule has 4 rings (SSSR count). The lowest BCUT2D eigenvalue weighted by molar-refractivity contribution is -0.113. The molecule has 0 spiro atoms. The van der Waals surface area contributed by atoms with E-state index in [1.54, 1.807) is 4.57 Å². The van der Waals surface area contributed by atoms with Gasteiger partial charge in [-0.2, -0.15) is 4.98 Å². The van der Waals surface area contributed by atoms with Crippen molar-refractivity contribution in [2.24, 2.45) is 0 Å². The molecule has 1 saturated heterocycles. The van der Waals surface area contributed by atoms with Crippen LogP contribution in [-0.2, 0) is 17.8 Å². The first-order valence-corrected chi connectivity index (χ1v) is 13.1. The second-order valence-corrected chi connectivity index (χ2v) is 9.82. The van der Waals surface area contributed by atoms with E-state index in [9.17, 15) is 9.59 Å². The molecule has 1 aliphatic rings. The molecule has 3 aromatic rings. The SMILES string of the molecule is CCCn1c(SCC(=O)Nc2ccccc2CC)nc2nc(N3CCCCC3)sc2c1=O. The van der Waals surface area contributed by atoms with Crippen LogP contribution in [0.2, 0.25) is 0 Å². The summed E-state index contributed by atoms with van der Waals surface area (Å²) < 4.78 is 2.29. The summed E-state index contributed by atoms with van der Waals surface area (Å²) in [6.45, 7) is 6.62. The van der Waals surface area contributed by atoms with Crippen LogP contribution in [0, 0.1) is 0 Å². The number of benzene rings is 1. The van der Waals surface area contributed by atoms with Crippen LogP contribution in [0.25, 0.3) is 10.3 Å². The summed E-state index contributed by atoms with van der Waals surface area (Å²) in [7, 11) is 0. The number of nitrogens with zero attached hydrogens (tertiary/aromatic N) is 4. The number of amides is 1. The van der Waals surface area contributed by atoms with Gasteiger partial charge in [-0.15, -0.1) is 0 Å². The number of hydrogen-bond acceptors (Lipinski definition) is 7. The van der Waals surface area contributed by atoms with E-state index >= 15 is 0 Å². The normalized spacial score (nSPS) is 14.1. The fraction of sp³-hybridized carbons (Fsp3) is 0.478. The van der Waals surface area contributed by atoms with Crippen molar-refractivity contribution in [1.82, 2.24) is 14.5 Å². The summed E-state index contributed by atoms with van der Waals surface area (Å²) >= 11 is 2.73. The van der Waals surface area contributed by atoms with Crippen LogP contribution in [0.5, 0.6) is 0 Å². The molecule has 1 aliphatic heterocycles. The molecule has 32 heavy (non-hydrogen) atoms. The molecule has 1 aromatic carbocycles. The number of aromatic nitrogens is 3. The number of carbonyl (C=O) groups is 1. The molecule has 0 unspecified atom stereocenters. The predicted molar refractivity (Wildman–Crippen MR) is 133 cm³/mol. The minimum Gasteiger partial charge on any atom is -0.348 e. The van der Waals surface area contributed by atoms with Crippen LogP contribution in [0.3, 0.4) is 0 Å². The maximum Gasteiger partial charge on any atom is 0.273 e. The van der Waals surface area contributed by atoms with Crippen LogP contribution in [0.1, 0.15) is 45.1 Å². The van der Waals surface area contributed by atoms with Gasteiger partial charge < -0.3 is 10.2 Å². The van der Waals surface area contributed by atoms with E-state index in [2.05, 4.69) is 22.1 Å². The number of thiazole rings is 1. The van der Waals surface area contributed by atoms with Crippen molar-refractivity contribution in [3.8, 4) is 0 Å². The molecule has 0 saturated carbocycles. The number of thioether (sulfide) groups is 1. The second kappa shape index (κ2) is 10.5. The Morgan fingerprint density at radius 2 is 1.94 bits per heavy atom. The largest absolute Gasteiger partial charge is 0.348 e. The molecule has 0 aliphatic carbocycles. The molecule has 7 nitrogen and oxygen atoms in total. The van der Waals surface area contributed by atoms with Gasteiger partial charge in [0.2, 0.25) is 5.91 Å². The molecule has 170 valence electrons. The van der Waals surface area contributed by atoms with Gasteiger partial charge in [-0.3, -0.25) is 14.2 Å². The number of hydrogen-bond donors (Lipinski definition) is 1. The summed E-state index contributed by atoms with van der Waals surface area (Å²) in [5.41, 5.74) is 2.37. The first-order valence-electron chi connectivity index (χ1n) is 11.3. The molecular weight excluding hydrogens is 442 g/mol. The number of piperidine rings is 1. The van der Waals surface area contributed by atoms with Crippen molar-refractivity contribution in [1.29, 1.82) is 0 Å². The third kappa shape index (κ3) is 4.99. The van der Waals surface area contributed by atoms with Gasteiger partial charge in [0, 0.05) is 25.3 Å². The van der Waals surface area contributed by atoms with Crippen molar-refractivity contribution >= 4 is 50.2 Å². The quantitative estimate of drug-likeness (QED) is 0.384. The van der Waals surface area contributed by atoms with Gasteiger partial charge in [-0.1, -0.05) is 55.1 Å². The van der Waals surface area contributed by atoms with Gasteiger partial charge >= 0.3 is 0 Å². The van der Waals surface area contributed by atoms with E-state index in [0.29, 0.717) is 22.0 Å². The van der Waals surface area contributed by atoms with Gasteiger partial charge in [0.25, 0.3) is 5.56 Å². The third-order valence-corrected chi connectivity index (χ3v) is 7.62. The zero-order chi connectivity index (χ0) is 22.5. The Balaban J connectivity index is 1.56. The van der Waals surface area contributed by atoms with Gasteiger partial charge in [0.15, 0.2) is 15.9 Å². The van der Waals surface area contributed by atoms with Gasteiger partial charge in [-0.05, 0) is 43.7 Å². The Kier molecular flexibility index (Phi) is 7.47. The maximum absolute atomic E-state index is 13.2. The summed E-state index contributed by atoms with van der Waals surface area (Å²) in [5.74, 6) is 0.0728. The first kappa shape index (κ1) is 22.8. The fourth-order valence-corrected chi connectivity index (χ4v) is 5.71. The molecular formula is C23H29N5O2S2. The van der Waals surface area contributed by atoms with E-state index in [0.717, 1.165) is 55.2 Å². The predicted octanol–water partition coefficient (Wildman–Crippen LogP) is 4.55. The Hall–Kier alpha value is -2.39. The number of fused-ring (bicyclic) bond motifs is 1. The Morgan fingerprint density at radius 3 is 2.69 bits per heavy atom. The lowest BCUT2D eigenvalue weighted by Crippen LogP contribution is -2.29. The highest BCUT2D eigenvalue weighted by molar-refractivity contribution is 7.99. The van der Waals surface area contributed by atoms with E-state index in [4.69, 9.17) is 4.98 Å². The lowest BCUT2D eigenvalue weighted by atomic mass is 10.1. The van der Waals surface area contributed by atoms with Crippen molar-refractivity contribution in [3.05, 3.63) is 40.2 Å². The topological polar surface area (TPSA) is 80.1 Å². The minimum absolute atomic E-state index is 0.0585. The van der Waals surface area contributed by atoms with E-state index in [1.807, 2.05) is 31.2 Å². The van der Waals surface area contributed by atoms with Crippen molar-refractivity contribution in [2.45, 2.75) is 57.7 Å². The van der Waals surface area contributed by atoms with Crippen LogP contribution < -0.4 is 15.8 Å². The molecule has 0 bridgehead atoms. The highest BCUT2D eigenvalue weighted by Crippen LogP contribution is 2.29. The Morgan fingerprint density at radius 1 is 1.16 bits per heavy atom. The second-order valence-electron chi connectivity index (χ2n) is 7.90.